The Kier molecular flexibility index (Phi) is 5.97. The van der Waals surface area contributed by atoms with E-state index in [0.717, 1.165) is 41.9 Å². The summed E-state index contributed by atoms with van der Waals surface area (Å²) >= 11 is 14.2. The van der Waals surface area contributed by atoms with Crippen LogP contribution in [-0.2, 0) is 4.79 Å². The first kappa shape index (κ1) is 17.9. The quantitative estimate of drug-likeness (QED) is 0.553. The SMILES string of the molecule is CC1CCN(C(=O)CSc2nn(-c3ccc(Cl)cc3)c(=S)s2)CC1. The molecule has 2 heterocycles. The number of piperidine rings is 1. The fraction of sp³-hybridized carbons (Fsp3) is 0.438. The van der Waals surface area contributed by atoms with Gasteiger partial charge in [0.05, 0.1) is 11.4 Å². The van der Waals surface area contributed by atoms with Crippen LogP contribution in [0.4, 0.5) is 0 Å². The normalized spacial score (nSPS) is 15.7. The van der Waals surface area contributed by atoms with Crippen LogP contribution in [0, 0.1) is 9.87 Å². The average molecular weight is 400 g/mol. The third-order valence-corrected chi connectivity index (χ3v) is 6.66. The molecule has 1 aromatic carbocycles. The zero-order valence-electron chi connectivity index (χ0n) is 13.3. The monoisotopic (exact) mass is 399 g/mol. The highest BCUT2D eigenvalue weighted by atomic mass is 35.5. The molecule has 0 unspecified atom stereocenters. The fourth-order valence-electron chi connectivity index (χ4n) is 2.54. The lowest BCUT2D eigenvalue weighted by molar-refractivity contribution is -0.129. The van der Waals surface area contributed by atoms with Gasteiger partial charge in [0.15, 0.2) is 8.29 Å². The lowest BCUT2D eigenvalue weighted by Gasteiger charge is -2.30. The number of hydrogen-bond acceptors (Lipinski definition) is 5. The number of hydrogen-bond donors (Lipinski definition) is 0. The van der Waals surface area contributed by atoms with Gasteiger partial charge in [-0.05, 0) is 55.2 Å². The molecule has 128 valence electrons. The van der Waals surface area contributed by atoms with Crippen molar-refractivity contribution in [2.75, 3.05) is 18.8 Å². The Morgan fingerprint density at radius 3 is 2.71 bits per heavy atom. The molecule has 0 atom stereocenters. The molecule has 3 rings (SSSR count). The zero-order valence-corrected chi connectivity index (χ0v) is 16.5. The zero-order chi connectivity index (χ0) is 17.1. The van der Waals surface area contributed by atoms with Gasteiger partial charge in [-0.15, -0.1) is 5.10 Å². The summed E-state index contributed by atoms with van der Waals surface area (Å²) in [6, 6.07) is 7.39. The predicted molar refractivity (Wildman–Crippen MR) is 103 cm³/mol. The molecular weight excluding hydrogens is 382 g/mol. The van der Waals surface area contributed by atoms with E-state index in [1.54, 1.807) is 4.68 Å². The second-order valence-corrected chi connectivity index (χ2v) is 9.16. The van der Waals surface area contributed by atoms with E-state index in [4.69, 9.17) is 23.8 Å². The lowest BCUT2D eigenvalue weighted by Crippen LogP contribution is -2.38. The minimum atomic E-state index is 0.186. The number of benzene rings is 1. The van der Waals surface area contributed by atoms with Gasteiger partial charge in [-0.2, -0.15) is 0 Å². The van der Waals surface area contributed by atoms with E-state index in [2.05, 4.69) is 12.0 Å². The smallest absolute Gasteiger partial charge is 0.233 e. The third kappa shape index (κ3) is 4.39. The molecule has 1 aliphatic heterocycles. The minimum absolute atomic E-state index is 0.186. The van der Waals surface area contributed by atoms with E-state index in [1.807, 2.05) is 29.2 Å². The maximum atomic E-state index is 12.3. The van der Waals surface area contributed by atoms with Crippen molar-refractivity contribution in [2.24, 2.45) is 5.92 Å². The molecule has 1 aromatic heterocycles. The highest BCUT2D eigenvalue weighted by molar-refractivity contribution is 8.01. The van der Waals surface area contributed by atoms with Crippen molar-refractivity contribution in [3.63, 3.8) is 0 Å². The largest absolute Gasteiger partial charge is 0.342 e. The Morgan fingerprint density at radius 1 is 1.38 bits per heavy atom. The van der Waals surface area contributed by atoms with Gasteiger partial charge < -0.3 is 4.90 Å². The van der Waals surface area contributed by atoms with Gasteiger partial charge in [0.1, 0.15) is 0 Å². The van der Waals surface area contributed by atoms with Gasteiger partial charge in [-0.1, -0.05) is 41.6 Å². The summed E-state index contributed by atoms with van der Waals surface area (Å²) in [6.07, 6.45) is 2.20. The van der Waals surface area contributed by atoms with E-state index in [0.29, 0.717) is 14.7 Å². The van der Waals surface area contributed by atoms with Crippen molar-refractivity contribution < 1.29 is 4.79 Å². The molecule has 0 saturated carbocycles. The van der Waals surface area contributed by atoms with Crippen molar-refractivity contribution in [2.45, 2.75) is 24.1 Å². The molecule has 0 aliphatic carbocycles. The van der Waals surface area contributed by atoms with E-state index in [-0.39, 0.29) is 5.91 Å². The summed E-state index contributed by atoms with van der Waals surface area (Å²) < 4.78 is 3.19. The number of carbonyl (C=O) groups is 1. The number of likely N-dealkylation sites (tertiary alicyclic amines) is 1. The Hall–Kier alpha value is -0.890. The van der Waals surface area contributed by atoms with Crippen LogP contribution in [0.5, 0.6) is 0 Å². The van der Waals surface area contributed by atoms with Gasteiger partial charge in [0, 0.05) is 18.1 Å². The highest BCUT2D eigenvalue weighted by Gasteiger charge is 2.20. The van der Waals surface area contributed by atoms with Crippen LogP contribution >= 0.6 is 46.9 Å². The van der Waals surface area contributed by atoms with Crippen molar-refractivity contribution in [3.05, 3.63) is 33.2 Å². The number of aromatic nitrogens is 2. The number of nitrogens with zero attached hydrogens (tertiary/aromatic N) is 3. The van der Waals surface area contributed by atoms with Crippen LogP contribution in [0.3, 0.4) is 0 Å². The van der Waals surface area contributed by atoms with Gasteiger partial charge >= 0.3 is 0 Å². The summed E-state index contributed by atoms with van der Waals surface area (Å²) in [4.78, 5) is 14.3. The molecule has 24 heavy (non-hydrogen) atoms. The Bertz CT molecular complexity index is 764. The van der Waals surface area contributed by atoms with Crippen molar-refractivity contribution in [1.29, 1.82) is 0 Å². The Labute approximate surface area is 159 Å². The topological polar surface area (TPSA) is 38.1 Å². The summed E-state index contributed by atoms with van der Waals surface area (Å²) in [5, 5.41) is 5.20. The predicted octanol–water partition coefficient (Wildman–Crippen LogP) is 4.67. The molecule has 0 N–H and O–H groups in total. The molecule has 1 saturated heterocycles. The second-order valence-electron chi connectivity index (χ2n) is 5.87. The molecular formula is C16H18ClN3OS3. The van der Waals surface area contributed by atoms with E-state index >= 15 is 0 Å². The van der Waals surface area contributed by atoms with Crippen molar-refractivity contribution in [1.82, 2.24) is 14.7 Å². The highest BCUT2D eigenvalue weighted by Crippen LogP contribution is 2.25. The second kappa shape index (κ2) is 7.99. The summed E-state index contributed by atoms with van der Waals surface area (Å²) in [5.41, 5.74) is 0.879. The Morgan fingerprint density at radius 2 is 2.04 bits per heavy atom. The molecule has 1 aliphatic rings. The van der Waals surface area contributed by atoms with Crippen LogP contribution in [0.15, 0.2) is 28.6 Å². The average Bonchev–Trinajstić information content (AvgIpc) is 2.95. The molecule has 8 heteroatoms. The maximum absolute atomic E-state index is 12.3. The van der Waals surface area contributed by atoms with Gasteiger partial charge in [-0.3, -0.25) is 4.79 Å². The van der Waals surface area contributed by atoms with Gasteiger partial charge in [-0.25, -0.2) is 4.68 Å². The molecule has 1 amide bonds. The van der Waals surface area contributed by atoms with Gasteiger partial charge in [0.25, 0.3) is 0 Å². The van der Waals surface area contributed by atoms with Crippen LogP contribution in [0.25, 0.3) is 5.69 Å². The number of thioether (sulfide) groups is 1. The van der Waals surface area contributed by atoms with Crippen molar-refractivity contribution in [3.8, 4) is 5.69 Å². The Balaban J connectivity index is 1.62. The maximum Gasteiger partial charge on any atom is 0.233 e. The van der Waals surface area contributed by atoms with E-state index in [9.17, 15) is 4.79 Å². The van der Waals surface area contributed by atoms with E-state index < -0.39 is 0 Å². The lowest BCUT2D eigenvalue weighted by atomic mass is 9.99. The van der Waals surface area contributed by atoms with Crippen LogP contribution < -0.4 is 0 Å². The molecule has 1 fully saturated rings. The number of amides is 1. The summed E-state index contributed by atoms with van der Waals surface area (Å²) in [5.74, 6) is 1.32. The van der Waals surface area contributed by atoms with Crippen molar-refractivity contribution >= 4 is 52.8 Å². The van der Waals surface area contributed by atoms with Crippen LogP contribution in [-0.4, -0.2) is 39.4 Å². The number of halogens is 1. The molecule has 0 bridgehead atoms. The molecule has 4 nitrogen and oxygen atoms in total. The molecule has 2 aromatic rings. The first-order chi connectivity index (χ1) is 11.5. The summed E-state index contributed by atoms with van der Waals surface area (Å²) in [7, 11) is 0. The fourth-order valence-corrected chi connectivity index (χ4v) is 4.93. The standard InChI is InChI=1S/C16H18ClN3OS3/c1-11-6-8-19(9-7-11)14(21)10-23-15-18-20(16(22)24-15)13-4-2-12(17)3-5-13/h2-5,11H,6-10H2,1H3. The minimum Gasteiger partial charge on any atom is -0.342 e. The van der Waals surface area contributed by atoms with Crippen LogP contribution in [0.1, 0.15) is 19.8 Å². The first-order valence-corrected chi connectivity index (χ1v) is 10.4. The number of rotatable bonds is 4. The van der Waals surface area contributed by atoms with E-state index in [1.165, 1.54) is 23.1 Å². The third-order valence-electron chi connectivity index (χ3n) is 4.06. The number of carbonyl (C=O) groups excluding carboxylic acids is 1. The molecule has 0 radical (unpaired) electrons. The summed E-state index contributed by atoms with van der Waals surface area (Å²) in [6.45, 7) is 3.98. The van der Waals surface area contributed by atoms with Gasteiger partial charge in [0.2, 0.25) is 5.91 Å². The molecule has 0 spiro atoms. The first-order valence-electron chi connectivity index (χ1n) is 7.79. The van der Waals surface area contributed by atoms with Crippen LogP contribution in [0.2, 0.25) is 5.02 Å².